The highest BCUT2D eigenvalue weighted by Crippen LogP contribution is 2.30. The van der Waals surface area contributed by atoms with Crippen LogP contribution in [-0.2, 0) is 12.5 Å². The van der Waals surface area contributed by atoms with Crippen molar-refractivity contribution in [2.75, 3.05) is 0 Å². The minimum absolute atomic E-state index is 0.0276. The molecule has 0 spiro atoms. The predicted octanol–water partition coefficient (Wildman–Crippen LogP) is 1.92. The van der Waals surface area contributed by atoms with Crippen LogP contribution in [0.5, 0.6) is 11.5 Å². The molecule has 0 aliphatic carbocycles. The van der Waals surface area contributed by atoms with Gasteiger partial charge in [-0.15, -0.1) is 24.8 Å². The summed E-state index contributed by atoms with van der Waals surface area (Å²) >= 11 is 5.38. The second-order valence-electron chi connectivity index (χ2n) is 2.74. The molecule has 0 aliphatic heterocycles. The van der Waals surface area contributed by atoms with E-state index >= 15 is 0 Å². The highest BCUT2D eigenvalue weighted by atomic mass is 35.5. The molecule has 16 heavy (non-hydrogen) atoms. The van der Waals surface area contributed by atoms with Crippen LogP contribution < -0.4 is 4.74 Å². The van der Waals surface area contributed by atoms with Gasteiger partial charge in [0.2, 0.25) is 0 Å². The number of nitrogens with zero attached hydrogens (tertiary/aromatic N) is 1. The number of alkyl halides is 4. The molecule has 90 valence electrons. The number of pyridine rings is 1. The third kappa shape index (κ3) is 3.14. The van der Waals surface area contributed by atoms with Crippen LogP contribution in [0.2, 0.25) is 0 Å². The summed E-state index contributed by atoms with van der Waals surface area (Å²) in [6, 6.07) is 0.712. The van der Waals surface area contributed by atoms with E-state index in [-0.39, 0.29) is 17.3 Å². The first kappa shape index (κ1) is 12.9. The van der Waals surface area contributed by atoms with E-state index in [4.69, 9.17) is 16.7 Å². The summed E-state index contributed by atoms with van der Waals surface area (Å²) < 4.78 is 39.4. The molecule has 0 aliphatic rings. The molecule has 4 nitrogen and oxygen atoms in total. The van der Waals surface area contributed by atoms with Crippen molar-refractivity contribution in [3.05, 3.63) is 17.5 Å². The van der Waals surface area contributed by atoms with Gasteiger partial charge in [0.15, 0.2) is 5.75 Å². The van der Waals surface area contributed by atoms with Crippen LogP contribution >= 0.6 is 11.6 Å². The Bertz CT molecular complexity index is 384. The third-order valence-corrected chi connectivity index (χ3v) is 1.87. The Morgan fingerprint density at radius 2 is 2.00 bits per heavy atom. The number of aromatic nitrogens is 1. The molecule has 0 fully saturated rings. The van der Waals surface area contributed by atoms with Gasteiger partial charge in [0.25, 0.3) is 0 Å². The smallest absolute Gasteiger partial charge is 0.506 e. The number of aliphatic hydroxyl groups is 1. The largest absolute Gasteiger partial charge is 0.573 e. The maximum atomic E-state index is 11.9. The fourth-order valence-corrected chi connectivity index (χ4v) is 1.19. The molecule has 8 heteroatoms. The molecule has 0 unspecified atom stereocenters. The van der Waals surface area contributed by atoms with Gasteiger partial charge < -0.3 is 14.9 Å². The van der Waals surface area contributed by atoms with Gasteiger partial charge in [0.05, 0.1) is 18.2 Å². The first-order valence-corrected chi connectivity index (χ1v) is 4.55. The standard InChI is InChI=1S/C8H7ClF3NO3/c9-2-4-6(15)1-7(5(3-14)13-4)16-8(10,11)12/h1,14-15H,2-3H2. The van der Waals surface area contributed by atoms with E-state index in [0.29, 0.717) is 6.07 Å². The van der Waals surface area contributed by atoms with E-state index in [0.717, 1.165) is 0 Å². The number of aliphatic hydroxyl groups excluding tert-OH is 1. The molecule has 2 N–H and O–H groups in total. The molecule has 0 bridgehead atoms. The topological polar surface area (TPSA) is 62.6 Å². The first-order valence-electron chi connectivity index (χ1n) is 4.01. The molecule has 1 heterocycles. The van der Waals surface area contributed by atoms with Crippen molar-refractivity contribution in [1.29, 1.82) is 0 Å². The molecule has 0 saturated carbocycles. The monoisotopic (exact) mass is 257 g/mol. The summed E-state index contributed by atoms with van der Waals surface area (Å²) in [5, 5.41) is 18.0. The molecule has 0 atom stereocenters. The van der Waals surface area contributed by atoms with Gasteiger partial charge in [-0.3, -0.25) is 0 Å². The van der Waals surface area contributed by atoms with Gasteiger partial charge in [0, 0.05) is 6.07 Å². The number of rotatable bonds is 3. The summed E-state index contributed by atoms with van der Waals surface area (Å²) in [7, 11) is 0. The van der Waals surface area contributed by atoms with Crippen LogP contribution in [0.3, 0.4) is 0 Å². The van der Waals surface area contributed by atoms with Crippen molar-refractivity contribution in [3.8, 4) is 11.5 Å². The van der Waals surface area contributed by atoms with Crippen molar-refractivity contribution in [3.63, 3.8) is 0 Å². The van der Waals surface area contributed by atoms with Gasteiger partial charge in [0.1, 0.15) is 11.4 Å². The highest BCUT2D eigenvalue weighted by molar-refractivity contribution is 6.17. The number of halogens is 4. The molecule has 0 amide bonds. The van der Waals surface area contributed by atoms with Gasteiger partial charge in [-0.05, 0) is 0 Å². The molecule has 0 aromatic carbocycles. The van der Waals surface area contributed by atoms with Gasteiger partial charge in [-0.25, -0.2) is 4.98 Å². The Hall–Kier alpha value is -1.21. The average Bonchev–Trinajstić information content (AvgIpc) is 2.16. The molecule has 1 aromatic rings. The summed E-state index contributed by atoms with van der Waals surface area (Å²) in [6.07, 6.45) is -4.92. The van der Waals surface area contributed by atoms with E-state index in [1.54, 1.807) is 0 Å². The van der Waals surface area contributed by atoms with Gasteiger partial charge >= 0.3 is 6.36 Å². The van der Waals surface area contributed by atoms with Crippen LogP contribution in [0.15, 0.2) is 6.07 Å². The Labute approximate surface area is 93.2 Å². The lowest BCUT2D eigenvalue weighted by Gasteiger charge is -2.13. The maximum Gasteiger partial charge on any atom is 0.573 e. The van der Waals surface area contributed by atoms with Crippen molar-refractivity contribution in [2.45, 2.75) is 18.8 Å². The minimum atomic E-state index is -4.92. The summed E-state index contributed by atoms with van der Waals surface area (Å²) in [4.78, 5) is 3.54. The van der Waals surface area contributed by atoms with E-state index in [9.17, 15) is 18.3 Å². The first-order chi connectivity index (χ1) is 7.37. The number of aromatic hydroxyl groups is 1. The highest BCUT2D eigenvalue weighted by Gasteiger charge is 2.32. The molecule has 1 aromatic heterocycles. The van der Waals surface area contributed by atoms with Crippen LogP contribution in [0.25, 0.3) is 0 Å². The minimum Gasteiger partial charge on any atom is -0.506 e. The van der Waals surface area contributed by atoms with Crippen molar-refractivity contribution in [2.24, 2.45) is 0 Å². The Balaban J connectivity index is 3.13. The molecular formula is C8H7ClF3NO3. The number of ether oxygens (including phenoxy) is 1. The molecular weight excluding hydrogens is 251 g/mol. The van der Waals surface area contributed by atoms with Crippen LogP contribution in [0.1, 0.15) is 11.4 Å². The zero-order valence-electron chi connectivity index (χ0n) is 7.75. The fourth-order valence-electron chi connectivity index (χ4n) is 0.991. The Morgan fingerprint density at radius 1 is 1.38 bits per heavy atom. The van der Waals surface area contributed by atoms with Gasteiger partial charge in [-0.2, -0.15) is 0 Å². The quantitative estimate of drug-likeness (QED) is 0.812. The second kappa shape index (κ2) is 4.75. The molecule has 0 saturated heterocycles. The normalized spacial score (nSPS) is 11.6. The van der Waals surface area contributed by atoms with Crippen molar-refractivity contribution < 1.29 is 28.1 Å². The van der Waals surface area contributed by atoms with Crippen LogP contribution in [0.4, 0.5) is 13.2 Å². The van der Waals surface area contributed by atoms with Crippen molar-refractivity contribution >= 4 is 11.6 Å². The lowest BCUT2D eigenvalue weighted by atomic mass is 10.2. The van der Waals surface area contributed by atoms with Gasteiger partial charge in [-0.1, -0.05) is 0 Å². The van der Waals surface area contributed by atoms with Crippen LogP contribution in [0, 0.1) is 0 Å². The van der Waals surface area contributed by atoms with E-state index in [1.165, 1.54) is 0 Å². The third-order valence-electron chi connectivity index (χ3n) is 1.62. The zero-order valence-corrected chi connectivity index (χ0v) is 8.51. The van der Waals surface area contributed by atoms with E-state index in [2.05, 4.69) is 9.72 Å². The summed E-state index contributed by atoms with van der Waals surface area (Å²) in [5.74, 6) is -1.46. The number of hydrogen-bond acceptors (Lipinski definition) is 4. The predicted molar refractivity (Wildman–Crippen MR) is 48.1 cm³/mol. The second-order valence-corrected chi connectivity index (χ2v) is 3.01. The molecule has 1 rings (SSSR count). The maximum absolute atomic E-state index is 11.9. The lowest BCUT2D eigenvalue weighted by molar-refractivity contribution is -0.275. The lowest BCUT2D eigenvalue weighted by Crippen LogP contribution is -2.18. The van der Waals surface area contributed by atoms with Crippen LogP contribution in [-0.4, -0.2) is 21.6 Å². The summed E-state index contributed by atoms with van der Waals surface area (Å²) in [5.41, 5.74) is -0.369. The van der Waals surface area contributed by atoms with E-state index in [1.807, 2.05) is 0 Å². The summed E-state index contributed by atoms with van der Waals surface area (Å²) in [6.45, 7) is -0.754. The molecule has 0 radical (unpaired) electrons. The number of hydrogen-bond donors (Lipinski definition) is 2. The van der Waals surface area contributed by atoms with Crippen molar-refractivity contribution in [1.82, 2.24) is 4.98 Å². The van der Waals surface area contributed by atoms with E-state index < -0.39 is 24.5 Å². The Morgan fingerprint density at radius 3 is 2.44 bits per heavy atom. The average molecular weight is 258 g/mol. The Kier molecular flexibility index (Phi) is 3.82. The SMILES string of the molecule is OCc1nc(CCl)c(O)cc1OC(F)(F)F. The zero-order chi connectivity index (χ0) is 12.3. The fraction of sp³-hybridized carbons (Fsp3) is 0.375.